The van der Waals surface area contributed by atoms with Crippen molar-refractivity contribution in [1.29, 1.82) is 0 Å². The Labute approximate surface area is 118 Å². The number of hydrogen-bond donors (Lipinski definition) is 2. The first-order valence-electron chi connectivity index (χ1n) is 5.46. The van der Waals surface area contributed by atoms with E-state index in [1.54, 1.807) is 23.5 Å². The molecule has 0 saturated heterocycles. The van der Waals surface area contributed by atoms with Gasteiger partial charge in [-0.15, -0.1) is 11.3 Å². The molecule has 5 heteroatoms. The van der Waals surface area contributed by atoms with Crippen molar-refractivity contribution in [3.8, 4) is 5.75 Å². The van der Waals surface area contributed by atoms with Crippen LogP contribution in [0.25, 0.3) is 0 Å². The van der Waals surface area contributed by atoms with Crippen molar-refractivity contribution in [1.82, 2.24) is 5.32 Å². The van der Waals surface area contributed by atoms with Crippen LogP contribution in [-0.2, 0) is 6.42 Å². The van der Waals surface area contributed by atoms with Crippen LogP contribution in [-0.4, -0.2) is 17.6 Å². The molecular formula is C13H12BrNO2S. The number of rotatable bonds is 4. The lowest BCUT2D eigenvalue weighted by Gasteiger charge is -2.05. The fraction of sp³-hybridized carbons (Fsp3) is 0.154. The summed E-state index contributed by atoms with van der Waals surface area (Å²) in [4.78, 5) is 13.0. The first-order chi connectivity index (χ1) is 8.66. The Morgan fingerprint density at radius 3 is 2.89 bits per heavy atom. The zero-order valence-corrected chi connectivity index (χ0v) is 11.9. The van der Waals surface area contributed by atoms with Gasteiger partial charge in [-0.1, -0.05) is 6.07 Å². The van der Waals surface area contributed by atoms with Gasteiger partial charge in [-0.2, -0.15) is 0 Å². The average Bonchev–Trinajstić information content (AvgIpc) is 2.85. The van der Waals surface area contributed by atoms with Gasteiger partial charge in [-0.25, -0.2) is 0 Å². The summed E-state index contributed by atoms with van der Waals surface area (Å²) in [6.07, 6.45) is 0.825. The van der Waals surface area contributed by atoms with Crippen LogP contribution in [0.5, 0.6) is 5.75 Å². The highest BCUT2D eigenvalue weighted by Gasteiger charge is 2.07. The highest BCUT2D eigenvalue weighted by Crippen LogP contribution is 2.24. The molecule has 1 aromatic carbocycles. The van der Waals surface area contributed by atoms with Gasteiger partial charge in [-0.3, -0.25) is 4.79 Å². The number of carbonyl (C=O) groups is 1. The predicted octanol–water partition coefficient (Wildman–Crippen LogP) is 3.19. The Bertz CT molecular complexity index is 540. The molecule has 0 atom stereocenters. The number of thiophene rings is 1. The summed E-state index contributed by atoms with van der Waals surface area (Å²) in [7, 11) is 0. The maximum atomic E-state index is 11.8. The Balaban J connectivity index is 1.89. The summed E-state index contributed by atoms with van der Waals surface area (Å²) < 4.78 is 0.581. The second kappa shape index (κ2) is 6.02. The molecule has 1 heterocycles. The number of hydrogen-bond acceptors (Lipinski definition) is 3. The number of aromatic hydroxyl groups is 1. The second-order valence-electron chi connectivity index (χ2n) is 3.75. The van der Waals surface area contributed by atoms with E-state index in [1.165, 1.54) is 10.9 Å². The van der Waals surface area contributed by atoms with E-state index in [2.05, 4.69) is 21.2 Å². The van der Waals surface area contributed by atoms with Crippen LogP contribution in [0.4, 0.5) is 0 Å². The Morgan fingerprint density at radius 1 is 1.39 bits per heavy atom. The van der Waals surface area contributed by atoms with Gasteiger partial charge in [0, 0.05) is 17.0 Å². The molecule has 2 aromatic rings. The largest absolute Gasteiger partial charge is 0.507 e. The molecule has 94 valence electrons. The first kappa shape index (κ1) is 13.1. The number of phenols is 1. The topological polar surface area (TPSA) is 49.3 Å². The summed E-state index contributed by atoms with van der Waals surface area (Å²) in [5.74, 6) is -0.102. The molecular weight excluding hydrogens is 314 g/mol. The molecule has 0 aliphatic rings. The number of carbonyl (C=O) groups excluding carboxylic acids is 1. The van der Waals surface area contributed by atoms with Crippen LogP contribution in [0.3, 0.4) is 0 Å². The van der Waals surface area contributed by atoms with E-state index in [4.69, 9.17) is 0 Å². The summed E-state index contributed by atoms with van der Waals surface area (Å²) in [6, 6.07) is 8.81. The molecule has 0 unspecified atom stereocenters. The summed E-state index contributed by atoms with van der Waals surface area (Å²) in [6.45, 7) is 0.593. The molecule has 0 aliphatic heterocycles. The van der Waals surface area contributed by atoms with Gasteiger partial charge < -0.3 is 10.4 Å². The maximum absolute atomic E-state index is 11.8. The van der Waals surface area contributed by atoms with Crippen molar-refractivity contribution in [2.24, 2.45) is 0 Å². The van der Waals surface area contributed by atoms with Gasteiger partial charge in [-0.05, 0) is 52.0 Å². The van der Waals surface area contributed by atoms with Crippen molar-refractivity contribution in [2.75, 3.05) is 6.54 Å². The summed E-state index contributed by atoms with van der Waals surface area (Å²) in [5, 5.41) is 14.3. The molecule has 1 aromatic heterocycles. The summed E-state index contributed by atoms with van der Waals surface area (Å²) >= 11 is 4.85. The van der Waals surface area contributed by atoms with Gasteiger partial charge in [0.15, 0.2) is 0 Å². The van der Waals surface area contributed by atoms with Crippen LogP contribution in [0, 0.1) is 0 Å². The molecule has 2 rings (SSSR count). The van der Waals surface area contributed by atoms with Crippen LogP contribution in [0.15, 0.2) is 40.2 Å². The van der Waals surface area contributed by atoms with Crippen LogP contribution >= 0.6 is 27.3 Å². The van der Waals surface area contributed by atoms with Crippen LogP contribution < -0.4 is 5.32 Å². The SMILES string of the molecule is O=C(NCCc1cccs1)c1ccc(Br)c(O)c1. The molecule has 18 heavy (non-hydrogen) atoms. The third kappa shape index (κ3) is 3.34. The van der Waals surface area contributed by atoms with Crippen molar-refractivity contribution in [3.63, 3.8) is 0 Å². The normalized spacial score (nSPS) is 10.3. The monoisotopic (exact) mass is 325 g/mol. The highest BCUT2D eigenvalue weighted by molar-refractivity contribution is 9.10. The third-order valence-corrected chi connectivity index (χ3v) is 4.05. The van der Waals surface area contributed by atoms with E-state index in [9.17, 15) is 9.90 Å². The zero-order valence-electron chi connectivity index (χ0n) is 9.52. The van der Waals surface area contributed by atoms with E-state index in [0.717, 1.165) is 6.42 Å². The van der Waals surface area contributed by atoms with E-state index >= 15 is 0 Å². The summed E-state index contributed by atoms with van der Waals surface area (Å²) in [5.41, 5.74) is 0.460. The fourth-order valence-electron chi connectivity index (χ4n) is 1.51. The standard InChI is InChI=1S/C13H12BrNO2S/c14-11-4-3-9(8-12(11)16)13(17)15-6-5-10-2-1-7-18-10/h1-4,7-8,16H,5-6H2,(H,15,17). The number of amides is 1. The highest BCUT2D eigenvalue weighted by atomic mass is 79.9. The van der Waals surface area contributed by atoms with E-state index < -0.39 is 0 Å². The minimum Gasteiger partial charge on any atom is -0.507 e. The molecule has 0 radical (unpaired) electrons. The molecule has 3 nitrogen and oxygen atoms in total. The van der Waals surface area contributed by atoms with Crippen LogP contribution in [0.2, 0.25) is 0 Å². The van der Waals surface area contributed by atoms with E-state index in [0.29, 0.717) is 16.6 Å². The first-order valence-corrected chi connectivity index (χ1v) is 7.13. The molecule has 2 N–H and O–H groups in total. The lowest BCUT2D eigenvalue weighted by atomic mass is 10.2. The number of nitrogens with one attached hydrogen (secondary N) is 1. The molecule has 0 aliphatic carbocycles. The number of phenolic OH excluding ortho intramolecular Hbond substituents is 1. The predicted molar refractivity (Wildman–Crippen MR) is 76.2 cm³/mol. The van der Waals surface area contributed by atoms with Gasteiger partial charge in [0.05, 0.1) is 4.47 Å². The zero-order chi connectivity index (χ0) is 13.0. The van der Waals surface area contributed by atoms with E-state index in [-0.39, 0.29) is 11.7 Å². The quantitative estimate of drug-likeness (QED) is 0.907. The Morgan fingerprint density at radius 2 is 2.22 bits per heavy atom. The van der Waals surface area contributed by atoms with Gasteiger partial charge in [0.2, 0.25) is 0 Å². The smallest absolute Gasteiger partial charge is 0.251 e. The van der Waals surface area contributed by atoms with Crippen LogP contribution in [0.1, 0.15) is 15.2 Å². The molecule has 0 fully saturated rings. The van der Waals surface area contributed by atoms with Crippen molar-refractivity contribution < 1.29 is 9.90 Å². The third-order valence-electron chi connectivity index (χ3n) is 2.45. The molecule has 0 saturated carbocycles. The minimum absolute atomic E-state index is 0.0703. The number of benzene rings is 1. The minimum atomic E-state index is -0.172. The lowest BCUT2D eigenvalue weighted by molar-refractivity contribution is 0.0954. The molecule has 1 amide bonds. The second-order valence-corrected chi connectivity index (χ2v) is 5.64. The molecule has 0 spiro atoms. The van der Waals surface area contributed by atoms with Gasteiger partial charge >= 0.3 is 0 Å². The van der Waals surface area contributed by atoms with E-state index in [1.807, 2.05) is 17.5 Å². The van der Waals surface area contributed by atoms with Gasteiger partial charge in [0.25, 0.3) is 5.91 Å². The fourth-order valence-corrected chi connectivity index (χ4v) is 2.47. The maximum Gasteiger partial charge on any atom is 0.251 e. The van der Waals surface area contributed by atoms with Crippen molar-refractivity contribution in [3.05, 3.63) is 50.6 Å². The number of halogens is 1. The average molecular weight is 326 g/mol. The Kier molecular flexibility index (Phi) is 4.38. The Hall–Kier alpha value is -1.33. The lowest BCUT2D eigenvalue weighted by Crippen LogP contribution is -2.25. The molecule has 0 bridgehead atoms. The van der Waals surface area contributed by atoms with Gasteiger partial charge in [0.1, 0.15) is 5.75 Å². The van der Waals surface area contributed by atoms with Crippen molar-refractivity contribution >= 4 is 33.2 Å². The van der Waals surface area contributed by atoms with Crippen molar-refractivity contribution in [2.45, 2.75) is 6.42 Å².